The lowest BCUT2D eigenvalue weighted by Crippen LogP contribution is -2.41. The van der Waals surface area contributed by atoms with Gasteiger partial charge in [-0.3, -0.25) is 0 Å². The maximum absolute atomic E-state index is 12.6. The summed E-state index contributed by atoms with van der Waals surface area (Å²) in [7, 11) is -0.884. The van der Waals surface area contributed by atoms with E-state index in [0.29, 0.717) is 4.47 Å². The second kappa shape index (κ2) is 5.95. The fraction of sp³-hybridized carbons (Fsp3) is 0.571. The quantitative estimate of drug-likeness (QED) is 0.786. The third kappa shape index (κ3) is 4.02. The van der Waals surface area contributed by atoms with Crippen molar-refractivity contribution in [1.82, 2.24) is 0 Å². The molecular formula is C14H18BBrF3NO3. The van der Waals surface area contributed by atoms with Crippen LogP contribution in [0.4, 0.5) is 13.2 Å². The summed E-state index contributed by atoms with van der Waals surface area (Å²) in [6.45, 7) is 7.36. The van der Waals surface area contributed by atoms with E-state index in [0.717, 1.165) is 0 Å². The number of hydrogen-bond acceptors (Lipinski definition) is 4. The lowest BCUT2D eigenvalue weighted by atomic mass is 9.74. The molecule has 1 saturated heterocycles. The first-order valence-electron chi connectivity index (χ1n) is 6.99. The van der Waals surface area contributed by atoms with Crippen molar-refractivity contribution >= 4 is 23.0 Å². The van der Waals surface area contributed by atoms with Gasteiger partial charge in [-0.1, -0.05) is 15.9 Å². The van der Waals surface area contributed by atoms with Crippen LogP contribution < -0.4 is 10.5 Å². The summed E-state index contributed by atoms with van der Waals surface area (Å²) in [5.74, 6) is -1.31. The van der Waals surface area contributed by atoms with Gasteiger partial charge in [-0.05, 0) is 45.9 Å². The fourth-order valence-electron chi connectivity index (χ4n) is 2.18. The highest BCUT2D eigenvalue weighted by Crippen LogP contribution is 2.41. The predicted octanol–water partition coefficient (Wildman–Crippen LogP) is 3.98. The van der Waals surface area contributed by atoms with E-state index < -0.39 is 30.6 Å². The molecule has 0 spiro atoms. The minimum Gasteiger partial charge on any atom is -0.405 e. The maximum atomic E-state index is 12.6. The molecule has 1 aromatic carbocycles. The van der Waals surface area contributed by atoms with Gasteiger partial charge >= 0.3 is 13.5 Å². The van der Waals surface area contributed by atoms with Crippen molar-refractivity contribution in [3.05, 3.63) is 28.2 Å². The van der Waals surface area contributed by atoms with Crippen molar-refractivity contribution < 1.29 is 27.2 Å². The minimum absolute atomic E-state index is 0.148. The van der Waals surface area contributed by atoms with Crippen molar-refractivity contribution in [1.29, 1.82) is 0 Å². The number of hydrogen-bond donors (Lipinski definition) is 1. The molecule has 4 nitrogen and oxygen atoms in total. The Balaban J connectivity index is 2.33. The average molecular weight is 396 g/mol. The van der Waals surface area contributed by atoms with E-state index in [4.69, 9.17) is 15.0 Å². The van der Waals surface area contributed by atoms with Gasteiger partial charge in [-0.15, -0.1) is 13.2 Å². The molecule has 0 aliphatic carbocycles. The fourth-order valence-corrected chi connectivity index (χ4v) is 2.56. The average Bonchev–Trinajstić information content (AvgIpc) is 2.58. The zero-order chi connectivity index (χ0) is 17.6. The van der Waals surface area contributed by atoms with Gasteiger partial charge in [-0.2, -0.15) is 0 Å². The molecule has 1 aliphatic heterocycles. The van der Waals surface area contributed by atoms with Gasteiger partial charge in [0, 0.05) is 10.0 Å². The van der Waals surface area contributed by atoms with Crippen molar-refractivity contribution in [3.63, 3.8) is 0 Å². The van der Waals surface area contributed by atoms with E-state index in [1.54, 1.807) is 0 Å². The van der Waals surface area contributed by atoms with E-state index in [1.165, 1.54) is 18.2 Å². The number of rotatable bonds is 3. The van der Waals surface area contributed by atoms with Crippen LogP contribution in [-0.2, 0) is 9.31 Å². The molecule has 0 saturated carbocycles. The Morgan fingerprint density at radius 3 is 2.17 bits per heavy atom. The van der Waals surface area contributed by atoms with Gasteiger partial charge in [0.25, 0.3) is 0 Å². The van der Waals surface area contributed by atoms with Crippen LogP contribution in [0.25, 0.3) is 0 Å². The topological polar surface area (TPSA) is 53.7 Å². The molecule has 23 heavy (non-hydrogen) atoms. The van der Waals surface area contributed by atoms with Crippen LogP contribution in [0.15, 0.2) is 22.7 Å². The monoisotopic (exact) mass is 395 g/mol. The molecule has 2 N–H and O–H groups in total. The Morgan fingerprint density at radius 2 is 1.70 bits per heavy atom. The van der Waals surface area contributed by atoms with Crippen LogP contribution in [0.3, 0.4) is 0 Å². The maximum Gasteiger partial charge on any atom is 0.573 e. The van der Waals surface area contributed by atoms with Crippen LogP contribution >= 0.6 is 15.9 Å². The van der Waals surface area contributed by atoms with Gasteiger partial charge in [0.2, 0.25) is 0 Å². The number of nitrogens with two attached hydrogens (primary N) is 1. The summed E-state index contributed by atoms with van der Waals surface area (Å²) in [4.78, 5) is 0. The molecule has 0 amide bonds. The third-order valence-electron chi connectivity index (χ3n) is 4.12. The van der Waals surface area contributed by atoms with E-state index in [1.807, 2.05) is 27.7 Å². The highest BCUT2D eigenvalue weighted by Gasteiger charge is 2.54. The van der Waals surface area contributed by atoms with E-state index in [9.17, 15) is 13.2 Å². The Kier molecular flexibility index (Phi) is 4.80. The summed E-state index contributed by atoms with van der Waals surface area (Å²) in [5.41, 5.74) is 5.00. The predicted molar refractivity (Wildman–Crippen MR) is 83.8 cm³/mol. The van der Waals surface area contributed by atoms with Crippen molar-refractivity contribution in [2.45, 2.75) is 51.2 Å². The first-order valence-corrected chi connectivity index (χ1v) is 7.78. The SMILES string of the molecule is CC1(C)OB([C@H](N)c2cc(Br)ccc2OC(F)(F)F)OC1(C)C. The number of halogens is 4. The van der Waals surface area contributed by atoms with Crippen molar-refractivity contribution in [3.8, 4) is 5.75 Å². The standard InChI is InChI=1S/C14H18BBrF3NO3/c1-12(2)13(3,4)23-15(22-12)11(20)9-7-8(16)5-6-10(9)21-14(17,18)19/h5-7,11H,20H2,1-4H3/t11-/m1/s1. The smallest absolute Gasteiger partial charge is 0.405 e. The lowest BCUT2D eigenvalue weighted by Gasteiger charge is -2.32. The second-order valence-corrected chi connectivity index (χ2v) is 7.30. The number of alkyl halides is 3. The van der Waals surface area contributed by atoms with Gasteiger partial charge in [0.1, 0.15) is 5.75 Å². The molecule has 1 aliphatic rings. The van der Waals surface area contributed by atoms with E-state index in [-0.39, 0.29) is 11.3 Å². The molecule has 0 bridgehead atoms. The Hall–Kier alpha value is -0.765. The lowest BCUT2D eigenvalue weighted by molar-refractivity contribution is -0.274. The van der Waals surface area contributed by atoms with Crippen LogP contribution in [0.1, 0.15) is 39.2 Å². The molecule has 1 atom stereocenters. The summed E-state index contributed by atoms with van der Waals surface area (Å²) in [6.07, 6.45) is -4.81. The summed E-state index contributed by atoms with van der Waals surface area (Å²) in [6, 6.07) is 4.12. The molecule has 1 aromatic rings. The molecule has 1 heterocycles. The van der Waals surface area contributed by atoms with Crippen LogP contribution in [0.5, 0.6) is 5.75 Å². The molecular weight excluding hydrogens is 378 g/mol. The summed E-state index contributed by atoms with van der Waals surface area (Å²) >= 11 is 3.22. The van der Waals surface area contributed by atoms with Crippen molar-refractivity contribution in [2.24, 2.45) is 5.73 Å². The molecule has 2 rings (SSSR count). The van der Waals surface area contributed by atoms with Gasteiger partial charge in [0.15, 0.2) is 0 Å². The zero-order valence-corrected chi connectivity index (χ0v) is 14.8. The normalized spacial score (nSPS) is 21.3. The minimum atomic E-state index is -4.81. The highest BCUT2D eigenvalue weighted by molar-refractivity contribution is 9.10. The zero-order valence-electron chi connectivity index (χ0n) is 13.2. The van der Waals surface area contributed by atoms with E-state index >= 15 is 0 Å². The Bertz CT molecular complexity index is 579. The van der Waals surface area contributed by atoms with E-state index in [2.05, 4.69) is 20.7 Å². The van der Waals surface area contributed by atoms with Crippen molar-refractivity contribution in [2.75, 3.05) is 0 Å². The van der Waals surface area contributed by atoms with Crippen LogP contribution in [0, 0.1) is 0 Å². The first kappa shape index (κ1) is 18.6. The highest BCUT2D eigenvalue weighted by atomic mass is 79.9. The molecule has 9 heteroatoms. The molecule has 128 valence electrons. The summed E-state index contributed by atoms with van der Waals surface area (Å²) < 4.78 is 54.0. The molecule has 1 fully saturated rings. The first-order chi connectivity index (χ1) is 10.3. The van der Waals surface area contributed by atoms with Gasteiger partial charge < -0.3 is 19.8 Å². The molecule has 0 radical (unpaired) electrons. The third-order valence-corrected chi connectivity index (χ3v) is 4.61. The van der Waals surface area contributed by atoms with Gasteiger partial charge in [0.05, 0.1) is 17.1 Å². The van der Waals surface area contributed by atoms with Crippen LogP contribution in [0.2, 0.25) is 0 Å². The Morgan fingerprint density at radius 1 is 1.17 bits per heavy atom. The molecule has 0 aromatic heterocycles. The van der Waals surface area contributed by atoms with Gasteiger partial charge in [-0.25, -0.2) is 0 Å². The number of ether oxygens (including phenoxy) is 1. The summed E-state index contributed by atoms with van der Waals surface area (Å²) in [5, 5.41) is 0. The number of benzene rings is 1. The Labute approximate surface area is 141 Å². The second-order valence-electron chi connectivity index (χ2n) is 6.38. The largest absolute Gasteiger partial charge is 0.573 e. The molecule has 0 unspecified atom stereocenters. The van der Waals surface area contributed by atoms with Crippen LogP contribution in [-0.4, -0.2) is 24.7 Å².